The quantitative estimate of drug-likeness (QED) is 0.555. The lowest BCUT2D eigenvalue weighted by molar-refractivity contribution is 0.0638. The molecule has 3 saturated carbocycles. The Morgan fingerprint density at radius 2 is 1.92 bits per heavy atom. The molecular weight excluding hydrogens is 350 g/mol. The summed E-state index contributed by atoms with van der Waals surface area (Å²) in [4.78, 5) is 0. The summed E-state index contributed by atoms with van der Waals surface area (Å²) < 4.78 is 0. The monoisotopic (exact) mass is 383 g/mol. The SMILES string of the molecule is CSC1CCC2SC(C(=N)C(O)C3CC3)C(C(O)CCC3CC3)C2C1. The lowest BCUT2D eigenvalue weighted by atomic mass is 9.73. The van der Waals surface area contributed by atoms with Crippen molar-refractivity contribution in [2.24, 2.45) is 23.7 Å². The summed E-state index contributed by atoms with van der Waals surface area (Å²) >= 11 is 3.89. The van der Waals surface area contributed by atoms with Crippen LogP contribution in [0.2, 0.25) is 0 Å². The maximum Gasteiger partial charge on any atom is 0.0953 e. The third-order valence-corrected chi connectivity index (χ3v) is 9.88. The van der Waals surface area contributed by atoms with E-state index < -0.39 is 6.10 Å². The second-order valence-electron chi connectivity index (χ2n) is 8.83. The van der Waals surface area contributed by atoms with Crippen LogP contribution in [-0.4, -0.2) is 50.1 Å². The average Bonchev–Trinajstić information content (AvgIpc) is 3.53. The summed E-state index contributed by atoms with van der Waals surface area (Å²) in [5, 5.41) is 31.6. The molecule has 4 fully saturated rings. The first-order chi connectivity index (χ1) is 12.1. The van der Waals surface area contributed by atoms with Crippen molar-refractivity contribution >= 4 is 29.2 Å². The second-order valence-corrected chi connectivity index (χ2v) is 11.4. The van der Waals surface area contributed by atoms with Crippen LogP contribution in [-0.2, 0) is 0 Å². The van der Waals surface area contributed by atoms with Crippen LogP contribution in [0.3, 0.4) is 0 Å². The molecule has 7 atom stereocenters. The van der Waals surface area contributed by atoms with E-state index in [1.807, 2.05) is 23.5 Å². The maximum absolute atomic E-state index is 11.1. The van der Waals surface area contributed by atoms with Crippen LogP contribution in [0.5, 0.6) is 0 Å². The molecule has 0 spiro atoms. The number of fused-ring (bicyclic) bond motifs is 1. The Morgan fingerprint density at radius 1 is 1.16 bits per heavy atom. The highest BCUT2D eigenvalue weighted by Gasteiger charge is 2.52. The fraction of sp³-hybridized carbons (Fsp3) is 0.950. The van der Waals surface area contributed by atoms with Gasteiger partial charge in [-0.25, -0.2) is 0 Å². The summed E-state index contributed by atoms with van der Waals surface area (Å²) in [6.45, 7) is 0. The first kappa shape index (κ1) is 18.6. The van der Waals surface area contributed by atoms with Gasteiger partial charge in [-0.15, -0.1) is 11.8 Å². The van der Waals surface area contributed by atoms with Crippen LogP contribution < -0.4 is 0 Å². The minimum atomic E-state index is -0.563. The van der Waals surface area contributed by atoms with Gasteiger partial charge in [-0.3, -0.25) is 0 Å². The van der Waals surface area contributed by atoms with Crippen molar-refractivity contribution in [1.82, 2.24) is 0 Å². The molecule has 0 amide bonds. The van der Waals surface area contributed by atoms with Gasteiger partial charge in [0.05, 0.1) is 23.2 Å². The molecular formula is C20H33NO2S2. The Labute approximate surface area is 160 Å². The average molecular weight is 384 g/mol. The highest BCUT2D eigenvalue weighted by molar-refractivity contribution is 8.01. The Balaban J connectivity index is 1.49. The van der Waals surface area contributed by atoms with Crippen LogP contribution in [0.25, 0.3) is 0 Å². The van der Waals surface area contributed by atoms with Crippen molar-refractivity contribution in [1.29, 1.82) is 5.41 Å². The smallest absolute Gasteiger partial charge is 0.0953 e. The molecule has 0 aromatic rings. The lowest BCUT2D eigenvalue weighted by Gasteiger charge is -2.36. The Hall–Kier alpha value is 0.290. The largest absolute Gasteiger partial charge is 0.393 e. The first-order valence-electron chi connectivity index (χ1n) is 10.2. The molecule has 0 aromatic heterocycles. The number of nitrogens with one attached hydrogen (secondary N) is 1. The Kier molecular flexibility index (Phi) is 5.76. The zero-order chi connectivity index (χ0) is 17.6. The van der Waals surface area contributed by atoms with E-state index in [0.717, 1.165) is 31.6 Å². The number of aliphatic hydroxyl groups is 2. The van der Waals surface area contributed by atoms with E-state index in [2.05, 4.69) is 6.26 Å². The van der Waals surface area contributed by atoms with E-state index in [1.54, 1.807) is 0 Å². The molecule has 1 aliphatic heterocycles. The fourth-order valence-electron chi connectivity index (χ4n) is 5.04. The van der Waals surface area contributed by atoms with Crippen molar-refractivity contribution in [2.75, 3.05) is 6.26 Å². The van der Waals surface area contributed by atoms with Crippen LogP contribution >= 0.6 is 23.5 Å². The minimum Gasteiger partial charge on any atom is -0.393 e. The minimum absolute atomic E-state index is 0.0420. The van der Waals surface area contributed by atoms with Crippen LogP contribution in [0.4, 0.5) is 0 Å². The molecule has 0 bridgehead atoms. The standard InChI is InChI=1S/C20H33NO2S2/c1-24-13-7-9-16-14(10-13)17(15(22)8-4-11-2-3-11)20(25-16)18(21)19(23)12-5-6-12/h11-17,19-23H,2-10H2,1H3. The van der Waals surface area contributed by atoms with E-state index in [9.17, 15) is 10.2 Å². The second kappa shape index (κ2) is 7.73. The van der Waals surface area contributed by atoms with Crippen molar-refractivity contribution in [3.8, 4) is 0 Å². The highest BCUT2D eigenvalue weighted by atomic mass is 32.2. The van der Waals surface area contributed by atoms with E-state index in [4.69, 9.17) is 5.41 Å². The molecule has 5 heteroatoms. The Bertz CT molecular complexity index is 494. The van der Waals surface area contributed by atoms with Crippen molar-refractivity contribution in [3.05, 3.63) is 0 Å². The van der Waals surface area contributed by atoms with Gasteiger partial charge in [-0.05, 0) is 69.0 Å². The molecule has 4 rings (SSSR count). The van der Waals surface area contributed by atoms with E-state index in [1.165, 1.54) is 32.1 Å². The van der Waals surface area contributed by atoms with Crippen molar-refractivity contribution in [3.63, 3.8) is 0 Å². The van der Waals surface area contributed by atoms with E-state index in [0.29, 0.717) is 28.0 Å². The van der Waals surface area contributed by atoms with Gasteiger partial charge in [0.1, 0.15) is 0 Å². The first-order valence-corrected chi connectivity index (χ1v) is 12.4. The molecule has 0 radical (unpaired) electrons. The molecule has 7 unspecified atom stereocenters. The zero-order valence-corrected chi connectivity index (χ0v) is 16.9. The predicted molar refractivity (Wildman–Crippen MR) is 108 cm³/mol. The normalized spacial score (nSPS) is 40.5. The van der Waals surface area contributed by atoms with Gasteiger partial charge in [0.15, 0.2) is 0 Å². The molecule has 4 aliphatic rings. The van der Waals surface area contributed by atoms with Gasteiger partial charge in [0.2, 0.25) is 0 Å². The van der Waals surface area contributed by atoms with Crippen LogP contribution in [0.15, 0.2) is 0 Å². The van der Waals surface area contributed by atoms with Gasteiger partial charge < -0.3 is 15.6 Å². The molecule has 0 aromatic carbocycles. The molecule has 142 valence electrons. The molecule has 3 nitrogen and oxygen atoms in total. The number of rotatable bonds is 8. The number of aliphatic hydroxyl groups excluding tert-OH is 2. The zero-order valence-electron chi connectivity index (χ0n) is 15.3. The highest BCUT2D eigenvalue weighted by Crippen LogP contribution is 2.54. The number of thioether (sulfide) groups is 2. The third kappa shape index (κ3) is 4.09. The fourth-order valence-corrected chi connectivity index (χ4v) is 7.82. The van der Waals surface area contributed by atoms with E-state index in [-0.39, 0.29) is 17.3 Å². The predicted octanol–water partition coefficient (Wildman–Crippen LogP) is 3.96. The number of hydrogen-bond donors (Lipinski definition) is 3. The topological polar surface area (TPSA) is 64.3 Å². The van der Waals surface area contributed by atoms with Crippen LogP contribution in [0.1, 0.15) is 57.8 Å². The molecule has 3 N–H and O–H groups in total. The maximum atomic E-state index is 11.1. The summed E-state index contributed by atoms with van der Waals surface area (Å²) in [7, 11) is 0. The molecule has 3 aliphatic carbocycles. The van der Waals surface area contributed by atoms with Gasteiger partial charge in [-0.2, -0.15) is 11.8 Å². The van der Waals surface area contributed by atoms with Gasteiger partial charge in [-0.1, -0.05) is 12.8 Å². The van der Waals surface area contributed by atoms with Gasteiger partial charge in [0, 0.05) is 16.4 Å². The molecule has 1 saturated heterocycles. The van der Waals surface area contributed by atoms with Gasteiger partial charge >= 0.3 is 0 Å². The summed E-state index contributed by atoms with van der Waals surface area (Å²) in [6, 6.07) is 0. The van der Waals surface area contributed by atoms with E-state index >= 15 is 0 Å². The third-order valence-electron chi connectivity index (χ3n) is 6.99. The Morgan fingerprint density at radius 3 is 2.56 bits per heavy atom. The summed E-state index contributed by atoms with van der Waals surface area (Å²) in [6.07, 6.45) is 11.9. The van der Waals surface area contributed by atoms with Crippen LogP contribution in [0, 0.1) is 29.1 Å². The van der Waals surface area contributed by atoms with Gasteiger partial charge in [0.25, 0.3) is 0 Å². The molecule has 1 heterocycles. The van der Waals surface area contributed by atoms with Crippen molar-refractivity contribution in [2.45, 2.75) is 85.7 Å². The van der Waals surface area contributed by atoms with Crippen molar-refractivity contribution < 1.29 is 10.2 Å². The summed E-state index contributed by atoms with van der Waals surface area (Å²) in [5.74, 6) is 1.88. The molecule has 25 heavy (non-hydrogen) atoms. The lowest BCUT2D eigenvalue weighted by Crippen LogP contribution is -2.42. The summed E-state index contributed by atoms with van der Waals surface area (Å²) in [5.41, 5.74) is 0.526. The number of hydrogen-bond acceptors (Lipinski definition) is 5.